The molecule has 2 aliphatic heterocycles. The molecule has 170 valence electrons. The van der Waals surface area contributed by atoms with Crippen molar-refractivity contribution in [3.63, 3.8) is 0 Å². The van der Waals surface area contributed by atoms with Crippen LogP contribution in [0, 0.1) is 0 Å². The van der Waals surface area contributed by atoms with Gasteiger partial charge >= 0.3 is 6.03 Å². The van der Waals surface area contributed by atoms with Crippen molar-refractivity contribution in [1.82, 2.24) is 9.80 Å². The maximum Gasteiger partial charge on any atom is 0.321 e. The lowest BCUT2D eigenvalue weighted by atomic mass is 9.89. The minimum atomic E-state index is -0.0839. The highest BCUT2D eigenvalue weighted by Crippen LogP contribution is 2.28. The molecule has 3 amide bonds. The van der Waals surface area contributed by atoms with E-state index >= 15 is 0 Å². The maximum absolute atomic E-state index is 12.9. The summed E-state index contributed by atoms with van der Waals surface area (Å²) in [6, 6.07) is 15.4. The van der Waals surface area contributed by atoms with Gasteiger partial charge in [-0.25, -0.2) is 4.79 Å². The fourth-order valence-electron chi connectivity index (χ4n) is 4.64. The molecule has 2 aromatic carbocycles. The van der Waals surface area contributed by atoms with Gasteiger partial charge in [0.25, 0.3) is 5.91 Å². The van der Waals surface area contributed by atoms with E-state index in [9.17, 15) is 9.59 Å². The Kier molecular flexibility index (Phi) is 7.30. The topological polar surface area (TPSA) is 61.9 Å². The van der Waals surface area contributed by atoms with Gasteiger partial charge < -0.3 is 19.9 Å². The number of likely N-dealkylation sites (tertiary alicyclic amines) is 2. The summed E-state index contributed by atoms with van der Waals surface area (Å²) in [5, 5.41) is 3.00. The number of piperidine rings is 2. The van der Waals surface area contributed by atoms with E-state index < -0.39 is 0 Å². The zero-order valence-corrected chi connectivity index (χ0v) is 18.9. The van der Waals surface area contributed by atoms with E-state index in [0.717, 1.165) is 67.9 Å². The summed E-state index contributed by atoms with van der Waals surface area (Å²) in [7, 11) is 0. The third-order valence-electron chi connectivity index (χ3n) is 6.37. The zero-order chi connectivity index (χ0) is 22.3. The van der Waals surface area contributed by atoms with Crippen molar-refractivity contribution in [2.75, 3.05) is 38.1 Å². The highest BCUT2D eigenvalue weighted by atomic mass is 16.5. The Morgan fingerprint density at radius 2 is 1.72 bits per heavy atom. The number of anilines is 1. The lowest BCUT2D eigenvalue weighted by Crippen LogP contribution is -2.41. The average Bonchev–Trinajstić information content (AvgIpc) is 2.85. The Labute approximate surface area is 190 Å². The molecule has 4 rings (SSSR count). The standard InChI is InChI=1S/C26H33N3O3/c1-2-32-24-13-11-23(12-14-24)27-26(31)29-17-7-10-22(19-29)20-8-6-9-21(18-20)25(30)28-15-4-3-5-16-28/h6,8-9,11-14,18,22H,2-5,7,10,15-17,19H2,1H3,(H,27,31)/t22-/m0/s1. The number of carbonyl (C=O) groups is 2. The zero-order valence-electron chi connectivity index (χ0n) is 18.9. The quantitative estimate of drug-likeness (QED) is 0.709. The van der Waals surface area contributed by atoms with E-state index in [2.05, 4.69) is 11.4 Å². The van der Waals surface area contributed by atoms with E-state index in [1.54, 1.807) is 0 Å². The van der Waals surface area contributed by atoms with Crippen LogP contribution in [-0.2, 0) is 0 Å². The molecule has 0 radical (unpaired) electrons. The summed E-state index contributed by atoms with van der Waals surface area (Å²) in [4.78, 5) is 29.6. The number of amides is 3. The van der Waals surface area contributed by atoms with E-state index in [4.69, 9.17) is 4.74 Å². The summed E-state index contributed by atoms with van der Waals surface area (Å²) in [5.41, 5.74) is 2.67. The second kappa shape index (κ2) is 10.5. The van der Waals surface area contributed by atoms with Crippen LogP contribution >= 0.6 is 0 Å². The van der Waals surface area contributed by atoms with Crippen molar-refractivity contribution >= 4 is 17.6 Å². The molecule has 2 aromatic rings. The lowest BCUT2D eigenvalue weighted by molar-refractivity contribution is 0.0724. The van der Waals surface area contributed by atoms with Gasteiger partial charge in [0.1, 0.15) is 5.75 Å². The molecule has 2 aliphatic rings. The van der Waals surface area contributed by atoms with Crippen molar-refractivity contribution in [2.24, 2.45) is 0 Å². The smallest absolute Gasteiger partial charge is 0.321 e. The molecule has 0 saturated carbocycles. The largest absolute Gasteiger partial charge is 0.494 e. The highest BCUT2D eigenvalue weighted by Gasteiger charge is 2.26. The number of rotatable bonds is 5. The summed E-state index contributed by atoms with van der Waals surface area (Å²) in [6.07, 6.45) is 5.36. The van der Waals surface area contributed by atoms with Crippen LogP contribution in [0.15, 0.2) is 48.5 Å². The average molecular weight is 436 g/mol. The number of ether oxygens (including phenoxy) is 1. The molecule has 6 nitrogen and oxygen atoms in total. The number of nitrogens with one attached hydrogen (secondary N) is 1. The number of benzene rings is 2. The predicted octanol–water partition coefficient (Wildman–Crippen LogP) is 5.12. The molecule has 32 heavy (non-hydrogen) atoms. The first-order chi connectivity index (χ1) is 15.6. The van der Waals surface area contributed by atoms with Crippen LogP contribution in [0.3, 0.4) is 0 Å². The Morgan fingerprint density at radius 1 is 0.969 bits per heavy atom. The first-order valence-corrected chi connectivity index (χ1v) is 11.8. The highest BCUT2D eigenvalue weighted by molar-refractivity contribution is 5.94. The summed E-state index contributed by atoms with van der Waals surface area (Å²) < 4.78 is 5.46. The molecule has 1 atom stereocenters. The van der Waals surface area contributed by atoms with Crippen molar-refractivity contribution in [2.45, 2.75) is 44.9 Å². The van der Waals surface area contributed by atoms with Gasteiger partial charge in [-0.3, -0.25) is 4.79 Å². The Hall–Kier alpha value is -3.02. The molecule has 0 unspecified atom stereocenters. The molecule has 1 N–H and O–H groups in total. The van der Waals surface area contributed by atoms with Gasteiger partial charge in [-0.15, -0.1) is 0 Å². The van der Waals surface area contributed by atoms with Crippen LogP contribution < -0.4 is 10.1 Å². The molecule has 0 aromatic heterocycles. The van der Waals surface area contributed by atoms with E-state index in [0.29, 0.717) is 13.2 Å². The van der Waals surface area contributed by atoms with E-state index in [-0.39, 0.29) is 17.9 Å². The normalized spacial score (nSPS) is 18.8. The van der Waals surface area contributed by atoms with Crippen LogP contribution in [-0.4, -0.2) is 54.5 Å². The van der Waals surface area contributed by atoms with Crippen molar-refractivity contribution < 1.29 is 14.3 Å². The van der Waals surface area contributed by atoms with Crippen LogP contribution in [0.1, 0.15) is 60.9 Å². The second-order valence-electron chi connectivity index (χ2n) is 8.65. The summed E-state index contributed by atoms with van der Waals surface area (Å²) >= 11 is 0. The summed E-state index contributed by atoms with van der Waals surface area (Å²) in [6.45, 7) is 5.67. The van der Waals surface area contributed by atoms with E-state index in [1.807, 2.05) is 59.2 Å². The number of urea groups is 1. The van der Waals surface area contributed by atoms with Crippen LogP contribution in [0.25, 0.3) is 0 Å². The van der Waals surface area contributed by atoms with Crippen molar-refractivity contribution in [1.29, 1.82) is 0 Å². The Bertz CT molecular complexity index is 922. The van der Waals surface area contributed by atoms with Gasteiger partial charge in [-0.2, -0.15) is 0 Å². The first-order valence-electron chi connectivity index (χ1n) is 11.8. The molecule has 0 aliphatic carbocycles. The van der Waals surface area contributed by atoms with Gasteiger partial charge in [-0.1, -0.05) is 12.1 Å². The fourth-order valence-corrected chi connectivity index (χ4v) is 4.64. The Morgan fingerprint density at radius 3 is 2.47 bits per heavy atom. The van der Waals surface area contributed by atoms with Crippen molar-refractivity contribution in [3.05, 3.63) is 59.7 Å². The molecule has 2 heterocycles. The number of carbonyl (C=O) groups excluding carboxylic acids is 2. The molecule has 0 spiro atoms. The third kappa shape index (κ3) is 5.42. The van der Waals surface area contributed by atoms with Gasteiger partial charge in [0.2, 0.25) is 0 Å². The van der Waals surface area contributed by atoms with Gasteiger partial charge in [0.15, 0.2) is 0 Å². The minimum absolute atomic E-state index is 0.0839. The van der Waals surface area contributed by atoms with Crippen LogP contribution in [0.5, 0.6) is 5.75 Å². The molecule has 0 bridgehead atoms. The van der Waals surface area contributed by atoms with Gasteiger partial charge in [-0.05, 0) is 81.0 Å². The maximum atomic E-state index is 12.9. The van der Waals surface area contributed by atoms with Gasteiger partial charge in [0.05, 0.1) is 6.61 Å². The second-order valence-corrected chi connectivity index (χ2v) is 8.65. The van der Waals surface area contributed by atoms with Crippen LogP contribution in [0.4, 0.5) is 10.5 Å². The van der Waals surface area contributed by atoms with Gasteiger partial charge in [0, 0.05) is 43.3 Å². The minimum Gasteiger partial charge on any atom is -0.494 e. The molecular formula is C26H33N3O3. The fraction of sp³-hybridized carbons (Fsp3) is 0.462. The predicted molar refractivity (Wildman–Crippen MR) is 126 cm³/mol. The van der Waals surface area contributed by atoms with E-state index in [1.165, 1.54) is 6.42 Å². The number of hydrogen-bond donors (Lipinski definition) is 1. The third-order valence-corrected chi connectivity index (χ3v) is 6.37. The van der Waals surface area contributed by atoms with Crippen LogP contribution in [0.2, 0.25) is 0 Å². The Balaban J connectivity index is 1.39. The monoisotopic (exact) mass is 435 g/mol. The molecule has 6 heteroatoms. The molecular weight excluding hydrogens is 402 g/mol. The summed E-state index contributed by atoms with van der Waals surface area (Å²) in [5.74, 6) is 1.17. The molecule has 2 saturated heterocycles. The lowest BCUT2D eigenvalue weighted by Gasteiger charge is -2.33. The van der Waals surface area contributed by atoms with Crippen molar-refractivity contribution in [3.8, 4) is 5.75 Å². The molecule has 2 fully saturated rings. The number of nitrogens with zero attached hydrogens (tertiary/aromatic N) is 2. The first kappa shape index (κ1) is 22.2. The SMILES string of the molecule is CCOc1ccc(NC(=O)N2CCC[C@H](c3cccc(C(=O)N4CCCCC4)c3)C2)cc1. The number of hydrogen-bond acceptors (Lipinski definition) is 3.